The lowest BCUT2D eigenvalue weighted by molar-refractivity contribution is -0.137. The van der Waals surface area contributed by atoms with Crippen molar-refractivity contribution in [3.63, 3.8) is 0 Å². The molecule has 2 fully saturated rings. The second-order valence-corrected chi connectivity index (χ2v) is 10.9. The Labute approximate surface area is 187 Å². The molecule has 0 spiro atoms. The van der Waals surface area contributed by atoms with E-state index in [1.807, 2.05) is 11.2 Å². The summed E-state index contributed by atoms with van der Waals surface area (Å²) in [5, 5.41) is 2.94. The van der Waals surface area contributed by atoms with E-state index in [-0.39, 0.29) is 35.7 Å². The molecular weight excluding hydrogens is 441 g/mol. The van der Waals surface area contributed by atoms with E-state index >= 15 is 0 Å². The molecule has 172 valence electrons. The van der Waals surface area contributed by atoms with Gasteiger partial charge in [0.05, 0.1) is 4.90 Å². The van der Waals surface area contributed by atoms with Crippen molar-refractivity contribution in [3.05, 3.63) is 30.1 Å². The first-order valence-corrected chi connectivity index (χ1v) is 13.5. The SMILES string of the molecule is CSCC[C@H](NC(=O)C1CCN(S(=O)(=O)c2ccc(F)cc2)CC1)C(=O)N1CCCC1. The normalized spacial score (nSPS) is 19.4. The van der Waals surface area contributed by atoms with Crippen molar-refractivity contribution in [2.24, 2.45) is 5.92 Å². The Morgan fingerprint density at radius 1 is 1.13 bits per heavy atom. The topological polar surface area (TPSA) is 86.8 Å². The van der Waals surface area contributed by atoms with Gasteiger partial charge in [-0.25, -0.2) is 12.8 Å². The minimum absolute atomic E-state index is 0.0174. The second-order valence-electron chi connectivity index (χ2n) is 8.01. The lowest BCUT2D eigenvalue weighted by atomic mass is 9.96. The van der Waals surface area contributed by atoms with Crippen LogP contribution >= 0.6 is 11.8 Å². The first-order chi connectivity index (χ1) is 14.8. The van der Waals surface area contributed by atoms with Gasteiger partial charge in [0.25, 0.3) is 0 Å². The molecular formula is C21H30FN3O4S2. The Morgan fingerprint density at radius 2 is 1.74 bits per heavy atom. The molecule has 1 N–H and O–H groups in total. The summed E-state index contributed by atoms with van der Waals surface area (Å²) in [6, 6.07) is 4.23. The summed E-state index contributed by atoms with van der Waals surface area (Å²) in [4.78, 5) is 27.5. The number of amides is 2. The number of carbonyl (C=O) groups is 2. The zero-order chi connectivity index (χ0) is 22.4. The summed E-state index contributed by atoms with van der Waals surface area (Å²) in [7, 11) is -3.72. The third-order valence-electron chi connectivity index (χ3n) is 5.92. The number of likely N-dealkylation sites (tertiary alicyclic amines) is 1. The number of piperidine rings is 1. The van der Waals surface area contributed by atoms with Gasteiger partial charge in [0.1, 0.15) is 11.9 Å². The van der Waals surface area contributed by atoms with Gasteiger partial charge >= 0.3 is 0 Å². The number of nitrogens with zero attached hydrogens (tertiary/aromatic N) is 2. The Balaban J connectivity index is 1.58. The number of hydrogen-bond donors (Lipinski definition) is 1. The first-order valence-electron chi connectivity index (χ1n) is 10.7. The summed E-state index contributed by atoms with van der Waals surface area (Å²) in [6.45, 7) is 1.91. The summed E-state index contributed by atoms with van der Waals surface area (Å²) in [5.74, 6) is -0.246. The fourth-order valence-electron chi connectivity index (χ4n) is 4.05. The molecule has 0 radical (unpaired) electrons. The van der Waals surface area contributed by atoms with Crippen LogP contribution in [-0.4, -0.2) is 73.7 Å². The first kappa shape index (κ1) is 24.0. The van der Waals surface area contributed by atoms with Crippen LogP contribution in [-0.2, 0) is 19.6 Å². The molecule has 2 heterocycles. The highest BCUT2D eigenvalue weighted by Crippen LogP contribution is 2.24. The van der Waals surface area contributed by atoms with Gasteiger partial charge in [-0.15, -0.1) is 0 Å². The Kier molecular flexibility index (Phi) is 8.35. The van der Waals surface area contributed by atoms with Crippen LogP contribution in [0, 0.1) is 11.7 Å². The van der Waals surface area contributed by atoms with Gasteiger partial charge in [-0.1, -0.05) is 0 Å². The molecule has 31 heavy (non-hydrogen) atoms. The monoisotopic (exact) mass is 471 g/mol. The third-order valence-corrected chi connectivity index (χ3v) is 8.48. The van der Waals surface area contributed by atoms with Crippen LogP contribution in [0.4, 0.5) is 4.39 Å². The van der Waals surface area contributed by atoms with Gasteiger partial charge in [-0.3, -0.25) is 9.59 Å². The maximum Gasteiger partial charge on any atom is 0.245 e. The fourth-order valence-corrected chi connectivity index (χ4v) is 6.00. The maximum atomic E-state index is 13.1. The number of carbonyl (C=O) groups excluding carboxylic acids is 2. The summed E-state index contributed by atoms with van der Waals surface area (Å²) >= 11 is 1.64. The van der Waals surface area contributed by atoms with Gasteiger partial charge in [0.2, 0.25) is 21.8 Å². The number of sulfonamides is 1. The molecule has 0 aliphatic carbocycles. The second kappa shape index (κ2) is 10.8. The van der Waals surface area contributed by atoms with Gasteiger partial charge in [-0.2, -0.15) is 16.1 Å². The zero-order valence-electron chi connectivity index (χ0n) is 17.8. The van der Waals surface area contributed by atoms with Crippen molar-refractivity contribution in [2.45, 2.75) is 43.0 Å². The predicted octanol–water partition coefficient (Wildman–Crippen LogP) is 2.09. The average molecular weight is 472 g/mol. The Hall–Kier alpha value is -1.65. The van der Waals surface area contributed by atoms with E-state index in [1.54, 1.807) is 11.8 Å². The molecule has 3 rings (SSSR count). The number of nitrogens with one attached hydrogen (secondary N) is 1. The van der Waals surface area contributed by atoms with Crippen LogP contribution in [0.2, 0.25) is 0 Å². The van der Waals surface area contributed by atoms with E-state index in [4.69, 9.17) is 0 Å². The van der Waals surface area contributed by atoms with Crippen LogP contribution in [0.1, 0.15) is 32.1 Å². The fraction of sp³-hybridized carbons (Fsp3) is 0.619. The Bertz CT molecular complexity index is 865. The van der Waals surface area contributed by atoms with Crippen molar-refractivity contribution in [3.8, 4) is 0 Å². The molecule has 2 aliphatic heterocycles. The van der Waals surface area contributed by atoms with E-state index in [0.717, 1.165) is 43.8 Å². The highest BCUT2D eigenvalue weighted by molar-refractivity contribution is 7.98. The van der Waals surface area contributed by atoms with Crippen molar-refractivity contribution >= 4 is 33.6 Å². The van der Waals surface area contributed by atoms with E-state index in [1.165, 1.54) is 16.4 Å². The van der Waals surface area contributed by atoms with Crippen LogP contribution in [0.25, 0.3) is 0 Å². The zero-order valence-corrected chi connectivity index (χ0v) is 19.4. The molecule has 0 bridgehead atoms. The van der Waals surface area contributed by atoms with E-state index in [0.29, 0.717) is 19.3 Å². The van der Waals surface area contributed by atoms with E-state index in [9.17, 15) is 22.4 Å². The quantitative estimate of drug-likeness (QED) is 0.627. The van der Waals surface area contributed by atoms with Gasteiger partial charge in [0.15, 0.2) is 0 Å². The minimum atomic E-state index is -3.72. The maximum absolute atomic E-state index is 13.1. The lowest BCUT2D eigenvalue weighted by Gasteiger charge is -2.32. The molecule has 0 unspecified atom stereocenters. The van der Waals surface area contributed by atoms with Gasteiger partial charge < -0.3 is 10.2 Å². The molecule has 2 aliphatic rings. The lowest BCUT2D eigenvalue weighted by Crippen LogP contribution is -2.51. The predicted molar refractivity (Wildman–Crippen MR) is 119 cm³/mol. The highest BCUT2D eigenvalue weighted by atomic mass is 32.2. The number of thioether (sulfide) groups is 1. The van der Waals surface area contributed by atoms with Crippen molar-refractivity contribution in [1.29, 1.82) is 0 Å². The van der Waals surface area contributed by atoms with Crippen LogP contribution < -0.4 is 5.32 Å². The number of halogens is 1. The summed E-state index contributed by atoms with van der Waals surface area (Å²) < 4.78 is 40.0. The number of rotatable bonds is 8. The Morgan fingerprint density at radius 3 is 2.32 bits per heavy atom. The van der Waals surface area contributed by atoms with Crippen molar-refractivity contribution < 1.29 is 22.4 Å². The number of hydrogen-bond acceptors (Lipinski definition) is 5. The molecule has 2 saturated heterocycles. The highest BCUT2D eigenvalue weighted by Gasteiger charge is 2.34. The van der Waals surface area contributed by atoms with Crippen molar-refractivity contribution in [1.82, 2.24) is 14.5 Å². The molecule has 0 aromatic heterocycles. The van der Waals surface area contributed by atoms with Crippen LogP contribution in [0.15, 0.2) is 29.2 Å². The summed E-state index contributed by atoms with van der Waals surface area (Å²) in [6.07, 6.45) is 5.32. The molecule has 1 aromatic rings. The van der Waals surface area contributed by atoms with Gasteiger partial charge in [-0.05, 0) is 68.4 Å². The molecule has 2 amide bonds. The molecule has 1 atom stereocenters. The standard InChI is InChI=1S/C21H30FN3O4S2/c1-30-15-10-19(21(27)24-11-2-3-12-24)23-20(26)16-8-13-25(14-9-16)31(28,29)18-6-4-17(22)5-7-18/h4-7,16,19H,2-3,8-15H2,1H3,(H,23,26)/t19-/m0/s1. The van der Waals surface area contributed by atoms with Crippen LogP contribution in [0.3, 0.4) is 0 Å². The minimum Gasteiger partial charge on any atom is -0.344 e. The van der Waals surface area contributed by atoms with E-state index < -0.39 is 21.9 Å². The van der Waals surface area contributed by atoms with Crippen molar-refractivity contribution in [2.75, 3.05) is 38.2 Å². The third kappa shape index (κ3) is 5.98. The summed E-state index contributed by atoms with van der Waals surface area (Å²) in [5.41, 5.74) is 0. The average Bonchev–Trinajstić information content (AvgIpc) is 3.31. The van der Waals surface area contributed by atoms with E-state index in [2.05, 4.69) is 5.32 Å². The molecule has 10 heteroatoms. The largest absolute Gasteiger partial charge is 0.344 e. The van der Waals surface area contributed by atoms with Gasteiger partial charge in [0, 0.05) is 32.1 Å². The smallest absolute Gasteiger partial charge is 0.245 e. The number of benzene rings is 1. The molecule has 1 aromatic carbocycles. The van der Waals surface area contributed by atoms with Crippen LogP contribution in [0.5, 0.6) is 0 Å². The molecule has 7 nitrogen and oxygen atoms in total. The molecule has 0 saturated carbocycles.